The molecular weight excluding hydrogens is 90.1 g/mol. The van der Waals surface area contributed by atoms with Crippen LogP contribution in [0.1, 0.15) is 12.8 Å². The van der Waals surface area contributed by atoms with E-state index in [9.17, 15) is 0 Å². The van der Waals surface area contributed by atoms with E-state index in [4.69, 9.17) is 10.8 Å². The van der Waals surface area contributed by atoms with Crippen LogP contribution in [-0.4, -0.2) is 17.8 Å². The minimum absolute atomic E-state index is 0.327. The average Bonchev–Trinajstić information content (AvgIpc) is 1.58. The number of aliphatic hydroxyl groups excluding tert-OH is 1. The topological polar surface area (TPSA) is 46.2 Å². The lowest BCUT2D eigenvalue weighted by atomic mass is 9.82. The van der Waals surface area contributed by atoms with Crippen molar-refractivity contribution in [1.82, 2.24) is 0 Å². The largest absolute Gasteiger partial charge is 0.396 e. The third-order valence-electron chi connectivity index (χ3n) is 1.53. The number of nitrogens with two attached hydrogens (primary N) is 1. The lowest BCUT2D eigenvalue weighted by Gasteiger charge is -2.30. The van der Waals surface area contributed by atoms with Crippen LogP contribution < -0.4 is 5.73 Å². The van der Waals surface area contributed by atoms with Gasteiger partial charge in [-0.1, -0.05) is 0 Å². The zero-order valence-corrected chi connectivity index (χ0v) is 4.30. The molecule has 0 radical (unpaired) electrons. The number of aliphatic hydroxyl groups is 1. The number of hydrogen-bond acceptors (Lipinski definition) is 2. The van der Waals surface area contributed by atoms with E-state index in [0.29, 0.717) is 18.6 Å². The Labute approximate surface area is 43.3 Å². The van der Waals surface area contributed by atoms with Crippen LogP contribution in [0, 0.1) is 5.92 Å². The van der Waals surface area contributed by atoms with Crippen LogP contribution in [0.2, 0.25) is 0 Å². The second-order valence-corrected chi connectivity index (χ2v) is 2.28. The maximum absolute atomic E-state index is 8.45. The van der Waals surface area contributed by atoms with Gasteiger partial charge in [0.1, 0.15) is 0 Å². The fourth-order valence-electron chi connectivity index (χ4n) is 0.936. The first-order valence-corrected chi connectivity index (χ1v) is 2.69. The van der Waals surface area contributed by atoms with Gasteiger partial charge in [0.25, 0.3) is 0 Å². The Hall–Kier alpha value is -0.0800. The summed E-state index contributed by atoms with van der Waals surface area (Å²) in [5.41, 5.74) is 5.43. The molecule has 2 nitrogen and oxygen atoms in total. The molecule has 0 heterocycles. The van der Waals surface area contributed by atoms with Crippen LogP contribution in [0.4, 0.5) is 0 Å². The predicted octanol–water partition coefficient (Wildman–Crippen LogP) is -0.284. The van der Waals surface area contributed by atoms with E-state index in [-0.39, 0.29) is 0 Å². The predicted molar refractivity (Wildman–Crippen MR) is 27.8 cm³/mol. The van der Waals surface area contributed by atoms with Gasteiger partial charge >= 0.3 is 0 Å². The third-order valence-corrected chi connectivity index (χ3v) is 1.53. The molecule has 1 saturated carbocycles. The van der Waals surface area contributed by atoms with Crippen LogP contribution in [-0.2, 0) is 0 Å². The molecule has 0 atom stereocenters. The van der Waals surface area contributed by atoms with Crippen molar-refractivity contribution in [1.29, 1.82) is 0 Å². The lowest BCUT2D eigenvalue weighted by molar-refractivity contribution is 0.144. The Balaban J connectivity index is 2.06. The van der Waals surface area contributed by atoms with Crippen molar-refractivity contribution < 1.29 is 5.11 Å². The molecule has 0 bridgehead atoms. The zero-order chi connectivity index (χ0) is 5.28. The lowest BCUT2D eigenvalue weighted by Crippen LogP contribution is -2.37. The van der Waals surface area contributed by atoms with Gasteiger partial charge in [-0.05, 0) is 18.8 Å². The van der Waals surface area contributed by atoms with Crippen molar-refractivity contribution in [2.75, 3.05) is 6.61 Å². The van der Waals surface area contributed by atoms with Gasteiger partial charge in [0.05, 0.1) is 0 Å². The zero-order valence-electron chi connectivity index (χ0n) is 4.30. The summed E-state index contributed by atoms with van der Waals surface area (Å²) in [5.74, 6) is 0.523. The normalized spacial score (nSPS) is 40.3. The first-order valence-electron chi connectivity index (χ1n) is 2.69. The fraction of sp³-hybridized carbons (Fsp3) is 1.00. The maximum Gasteiger partial charge on any atom is 0.0460 e. The van der Waals surface area contributed by atoms with E-state index >= 15 is 0 Å². The Morgan fingerprint density at radius 3 is 2.29 bits per heavy atom. The summed E-state index contributed by atoms with van der Waals surface area (Å²) in [5, 5.41) is 8.45. The van der Waals surface area contributed by atoms with Gasteiger partial charge in [-0.15, -0.1) is 0 Å². The highest BCUT2D eigenvalue weighted by Gasteiger charge is 2.24. The monoisotopic (exact) mass is 101 g/mol. The molecule has 0 aromatic heterocycles. The van der Waals surface area contributed by atoms with E-state index in [1.807, 2.05) is 0 Å². The van der Waals surface area contributed by atoms with Crippen molar-refractivity contribution in [3.63, 3.8) is 0 Å². The second-order valence-electron chi connectivity index (χ2n) is 2.28. The van der Waals surface area contributed by atoms with Crippen molar-refractivity contribution >= 4 is 0 Å². The molecule has 1 aliphatic carbocycles. The minimum atomic E-state index is 0.327. The summed E-state index contributed by atoms with van der Waals surface area (Å²) < 4.78 is 0. The minimum Gasteiger partial charge on any atom is -0.396 e. The fourth-order valence-corrected chi connectivity index (χ4v) is 0.936. The van der Waals surface area contributed by atoms with Crippen molar-refractivity contribution in [2.45, 2.75) is 18.9 Å². The second kappa shape index (κ2) is 1.80. The highest BCUT2D eigenvalue weighted by atomic mass is 16.3. The highest BCUT2D eigenvalue weighted by molar-refractivity contribution is 4.80. The molecule has 0 aromatic rings. The molecule has 3 N–H and O–H groups in total. The molecule has 1 aliphatic rings. The molecule has 42 valence electrons. The van der Waals surface area contributed by atoms with Gasteiger partial charge in [0, 0.05) is 12.6 Å². The van der Waals surface area contributed by atoms with Crippen LogP contribution in [0.5, 0.6) is 0 Å². The molecule has 0 spiro atoms. The van der Waals surface area contributed by atoms with Gasteiger partial charge in [-0.2, -0.15) is 0 Å². The average molecular weight is 101 g/mol. The Morgan fingerprint density at radius 1 is 1.57 bits per heavy atom. The van der Waals surface area contributed by atoms with Gasteiger partial charge in [0.2, 0.25) is 0 Å². The van der Waals surface area contributed by atoms with Crippen molar-refractivity contribution in [2.24, 2.45) is 11.7 Å². The third kappa shape index (κ3) is 0.924. The Bertz CT molecular complexity index is 59.1. The number of hydrogen-bond donors (Lipinski definition) is 2. The maximum atomic E-state index is 8.45. The molecule has 0 unspecified atom stereocenters. The number of rotatable bonds is 1. The van der Waals surface area contributed by atoms with E-state index in [0.717, 1.165) is 12.8 Å². The summed E-state index contributed by atoms with van der Waals surface area (Å²) >= 11 is 0. The Morgan fingerprint density at radius 2 is 2.14 bits per heavy atom. The summed E-state index contributed by atoms with van der Waals surface area (Å²) in [6, 6.07) is 0.386. The van der Waals surface area contributed by atoms with E-state index < -0.39 is 0 Å². The molecule has 0 aliphatic heterocycles. The van der Waals surface area contributed by atoms with E-state index in [1.165, 1.54) is 0 Å². The molecule has 0 amide bonds. The van der Waals surface area contributed by atoms with Gasteiger partial charge in [-0.25, -0.2) is 0 Å². The molecular formula is C5H11NO. The quantitative estimate of drug-likeness (QED) is 0.477. The van der Waals surface area contributed by atoms with Gasteiger partial charge < -0.3 is 10.8 Å². The molecule has 0 aromatic carbocycles. The van der Waals surface area contributed by atoms with Crippen molar-refractivity contribution in [3.05, 3.63) is 0 Å². The van der Waals surface area contributed by atoms with Crippen LogP contribution >= 0.6 is 0 Å². The summed E-state index contributed by atoms with van der Waals surface area (Å²) in [6.07, 6.45) is 2.05. The van der Waals surface area contributed by atoms with E-state index in [1.54, 1.807) is 0 Å². The molecule has 0 saturated heterocycles. The molecule has 1 fully saturated rings. The SMILES string of the molecule is N[C@H]1C[C@@H](CO)C1. The Kier molecular flexibility index (Phi) is 1.30. The standard InChI is InChI=1S/C5H11NO/c6-5-1-4(2-5)3-7/h4-5,7H,1-3,6H2/t4-,5+. The summed E-state index contributed by atoms with van der Waals surface area (Å²) in [6.45, 7) is 0.327. The smallest absolute Gasteiger partial charge is 0.0460 e. The van der Waals surface area contributed by atoms with Crippen molar-refractivity contribution in [3.8, 4) is 0 Å². The van der Waals surface area contributed by atoms with Crippen LogP contribution in [0.3, 0.4) is 0 Å². The first-order chi connectivity index (χ1) is 3.33. The van der Waals surface area contributed by atoms with Gasteiger partial charge in [-0.3, -0.25) is 0 Å². The van der Waals surface area contributed by atoms with Crippen LogP contribution in [0.15, 0.2) is 0 Å². The molecule has 2 heteroatoms. The molecule has 7 heavy (non-hydrogen) atoms. The first kappa shape index (κ1) is 5.06. The summed E-state index contributed by atoms with van der Waals surface area (Å²) in [7, 11) is 0. The van der Waals surface area contributed by atoms with E-state index in [2.05, 4.69) is 0 Å². The van der Waals surface area contributed by atoms with Crippen LogP contribution in [0.25, 0.3) is 0 Å². The molecule has 1 rings (SSSR count). The highest BCUT2D eigenvalue weighted by Crippen LogP contribution is 2.23. The summed E-state index contributed by atoms with van der Waals surface area (Å²) in [4.78, 5) is 0. The van der Waals surface area contributed by atoms with Gasteiger partial charge in [0.15, 0.2) is 0 Å².